The van der Waals surface area contributed by atoms with Gasteiger partial charge in [0.05, 0.1) is 12.0 Å². The minimum absolute atomic E-state index is 0.0429. The molecule has 1 saturated carbocycles. The second kappa shape index (κ2) is 6.91. The summed E-state index contributed by atoms with van der Waals surface area (Å²) in [5, 5.41) is 21.9. The van der Waals surface area contributed by atoms with E-state index in [-0.39, 0.29) is 42.7 Å². The van der Waals surface area contributed by atoms with Gasteiger partial charge in [0.2, 0.25) is 11.8 Å². The van der Waals surface area contributed by atoms with E-state index >= 15 is 0 Å². The lowest BCUT2D eigenvalue weighted by Crippen LogP contribution is -2.39. The predicted molar refractivity (Wildman–Crippen MR) is 89.4 cm³/mol. The Balaban J connectivity index is 1.59. The number of anilines is 1. The maximum absolute atomic E-state index is 12.4. The highest BCUT2D eigenvalue weighted by atomic mass is 16.3. The molecule has 3 rings (SSSR count). The molecule has 2 amide bonds. The van der Waals surface area contributed by atoms with E-state index in [9.17, 15) is 19.8 Å². The summed E-state index contributed by atoms with van der Waals surface area (Å²) in [5.74, 6) is -0.735. The number of nitrogens with zero attached hydrogens (tertiary/aromatic N) is 1. The van der Waals surface area contributed by atoms with Crippen molar-refractivity contribution < 1.29 is 19.8 Å². The molecule has 1 aromatic rings. The van der Waals surface area contributed by atoms with Gasteiger partial charge in [-0.25, -0.2) is 0 Å². The van der Waals surface area contributed by atoms with Crippen molar-refractivity contribution in [3.05, 3.63) is 29.8 Å². The van der Waals surface area contributed by atoms with Crippen LogP contribution in [0.1, 0.15) is 24.8 Å². The molecule has 0 bridgehead atoms. The Hall–Kier alpha value is -1.92. The van der Waals surface area contributed by atoms with Crippen LogP contribution in [0, 0.1) is 18.8 Å². The summed E-state index contributed by atoms with van der Waals surface area (Å²) in [6.45, 7) is 2.30. The number of carbonyl (C=O) groups is 2. The van der Waals surface area contributed by atoms with E-state index < -0.39 is 6.10 Å². The molecule has 0 radical (unpaired) electrons. The second-order valence-electron chi connectivity index (χ2n) is 6.93. The summed E-state index contributed by atoms with van der Waals surface area (Å²) >= 11 is 0. The summed E-state index contributed by atoms with van der Waals surface area (Å²) in [6, 6.07) is 7.56. The molecule has 4 atom stereocenters. The normalized spacial score (nSPS) is 30.0. The number of benzene rings is 1. The molecule has 130 valence electrons. The second-order valence-corrected chi connectivity index (χ2v) is 6.93. The van der Waals surface area contributed by atoms with Gasteiger partial charge < -0.3 is 20.4 Å². The van der Waals surface area contributed by atoms with Crippen molar-refractivity contribution in [2.45, 2.75) is 38.3 Å². The van der Waals surface area contributed by atoms with Crippen molar-refractivity contribution in [2.75, 3.05) is 18.1 Å². The van der Waals surface area contributed by atoms with Crippen LogP contribution in [0.5, 0.6) is 0 Å². The molecule has 24 heavy (non-hydrogen) atoms. The quantitative estimate of drug-likeness (QED) is 0.753. The minimum atomic E-state index is -0.574. The molecular weight excluding hydrogens is 308 g/mol. The van der Waals surface area contributed by atoms with E-state index in [0.29, 0.717) is 19.4 Å². The predicted octanol–water partition coefficient (Wildman–Crippen LogP) is 0.596. The zero-order valence-corrected chi connectivity index (χ0v) is 13.8. The lowest BCUT2D eigenvalue weighted by molar-refractivity contribution is -0.126. The first-order valence-corrected chi connectivity index (χ1v) is 8.44. The summed E-state index contributed by atoms with van der Waals surface area (Å²) in [6.07, 6.45) is 0.665. The van der Waals surface area contributed by atoms with E-state index in [1.807, 2.05) is 31.2 Å². The standard InChI is InChI=1S/C18H24N2O4/c1-11-2-4-15(5-3-11)20-9-12(7-17(20)23)18(24)19-14-6-13(10-21)16(22)8-14/h2-5,12-14,16,21-22H,6-10H2,1H3,(H,19,24)/t12-,13+,14+,16-/m1/s1. The Morgan fingerprint density at radius 1 is 1.29 bits per heavy atom. The highest BCUT2D eigenvalue weighted by Gasteiger charge is 2.38. The molecule has 1 aliphatic carbocycles. The number of amides is 2. The Morgan fingerprint density at radius 2 is 2.00 bits per heavy atom. The third kappa shape index (κ3) is 3.44. The van der Waals surface area contributed by atoms with Gasteiger partial charge in [-0.3, -0.25) is 9.59 Å². The van der Waals surface area contributed by atoms with Crippen LogP contribution in [0.4, 0.5) is 5.69 Å². The molecule has 0 spiro atoms. The molecule has 0 unspecified atom stereocenters. The average Bonchev–Trinajstić information content (AvgIpc) is 3.11. The van der Waals surface area contributed by atoms with Crippen molar-refractivity contribution in [1.29, 1.82) is 0 Å². The molecule has 3 N–H and O–H groups in total. The molecule has 2 fully saturated rings. The Labute approximate surface area is 141 Å². The first kappa shape index (κ1) is 16.9. The van der Waals surface area contributed by atoms with Crippen molar-refractivity contribution >= 4 is 17.5 Å². The Kier molecular flexibility index (Phi) is 4.87. The number of rotatable bonds is 4. The number of carbonyl (C=O) groups excluding carboxylic acids is 2. The van der Waals surface area contributed by atoms with Gasteiger partial charge >= 0.3 is 0 Å². The van der Waals surface area contributed by atoms with Crippen LogP contribution in [-0.4, -0.2) is 47.3 Å². The van der Waals surface area contributed by atoms with Crippen molar-refractivity contribution in [3.8, 4) is 0 Å². The molecule has 6 nitrogen and oxygen atoms in total. The molecule has 1 saturated heterocycles. The van der Waals surface area contributed by atoms with Gasteiger partial charge in [-0.05, 0) is 31.9 Å². The third-order valence-corrected chi connectivity index (χ3v) is 5.08. The summed E-state index contributed by atoms with van der Waals surface area (Å²) in [7, 11) is 0. The number of aliphatic hydroxyl groups is 2. The Morgan fingerprint density at radius 3 is 2.62 bits per heavy atom. The first-order chi connectivity index (χ1) is 11.5. The zero-order valence-electron chi connectivity index (χ0n) is 13.8. The first-order valence-electron chi connectivity index (χ1n) is 8.44. The van der Waals surface area contributed by atoms with Crippen molar-refractivity contribution in [1.82, 2.24) is 5.32 Å². The number of hydrogen-bond donors (Lipinski definition) is 3. The lowest BCUT2D eigenvalue weighted by Gasteiger charge is -2.18. The number of aliphatic hydroxyl groups excluding tert-OH is 2. The van der Waals surface area contributed by atoms with Gasteiger partial charge in [0, 0.05) is 37.2 Å². The van der Waals surface area contributed by atoms with E-state index in [2.05, 4.69) is 5.32 Å². The van der Waals surface area contributed by atoms with Crippen LogP contribution < -0.4 is 10.2 Å². The van der Waals surface area contributed by atoms with Gasteiger partial charge in [-0.15, -0.1) is 0 Å². The third-order valence-electron chi connectivity index (χ3n) is 5.08. The van der Waals surface area contributed by atoms with Gasteiger partial charge in [0.25, 0.3) is 0 Å². The van der Waals surface area contributed by atoms with E-state index in [4.69, 9.17) is 0 Å². The van der Waals surface area contributed by atoms with Gasteiger partial charge in [-0.2, -0.15) is 0 Å². The van der Waals surface area contributed by atoms with Crippen molar-refractivity contribution in [3.63, 3.8) is 0 Å². The molecule has 2 aliphatic rings. The van der Waals surface area contributed by atoms with E-state index in [1.165, 1.54) is 0 Å². The topological polar surface area (TPSA) is 89.9 Å². The number of aryl methyl sites for hydroxylation is 1. The van der Waals surface area contributed by atoms with Crippen LogP contribution in [0.25, 0.3) is 0 Å². The molecule has 6 heteroatoms. The minimum Gasteiger partial charge on any atom is -0.396 e. The molecule has 0 aromatic heterocycles. The smallest absolute Gasteiger partial charge is 0.227 e. The zero-order chi connectivity index (χ0) is 17.3. The van der Waals surface area contributed by atoms with E-state index in [1.54, 1.807) is 4.90 Å². The summed E-state index contributed by atoms with van der Waals surface area (Å²) < 4.78 is 0. The number of nitrogens with one attached hydrogen (secondary N) is 1. The molecule has 1 heterocycles. The SMILES string of the molecule is Cc1ccc(N2C[C@H](C(=O)N[C@H]3C[C@@H](CO)[C@H](O)C3)CC2=O)cc1. The Bertz CT molecular complexity index is 616. The summed E-state index contributed by atoms with van der Waals surface area (Å²) in [5.41, 5.74) is 1.94. The van der Waals surface area contributed by atoms with Crippen LogP contribution in [-0.2, 0) is 9.59 Å². The highest BCUT2D eigenvalue weighted by molar-refractivity contribution is 6.00. The molecule has 1 aromatic carbocycles. The largest absolute Gasteiger partial charge is 0.396 e. The maximum Gasteiger partial charge on any atom is 0.227 e. The van der Waals surface area contributed by atoms with Gasteiger partial charge in [0.15, 0.2) is 0 Å². The fourth-order valence-electron chi connectivity index (χ4n) is 3.59. The monoisotopic (exact) mass is 332 g/mol. The van der Waals surface area contributed by atoms with Crippen LogP contribution in [0.2, 0.25) is 0 Å². The molecular formula is C18H24N2O4. The summed E-state index contributed by atoms with van der Waals surface area (Å²) in [4.78, 5) is 26.3. The molecule has 1 aliphatic heterocycles. The van der Waals surface area contributed by atoms with Crippen LogP contribution in [0.15, 0.2) is 24.3 Å². The van der Waals surface area contributed by atoms with Crippen LogP contribution in [0.3, 0.4) is 0 Å². The highest BCUT2D eigenvalue weighted by Crippen LogP contribution is 2.28. The van der Waals surface area contributed by atoms with Crippen molar-refractivity contribution in [2.24, 2.45) is 11.8 Å². The van der Waals surface area contributed by atoms with Gasteiger partial charge in [-0.1, -0.05) is 17.7 Å². The van der Waals surface area contributed by atoms with Crippen LogP contribution >= 0.6 is 0 Å². The maximum atomic E-state index is 12.4. The average molecular weight is 332 g/mol. The number of hydrogen-bond acceptors (Lipinski definition) is 4. The lowest BCUT2D eigenvalue weighted by atomic mass is 10.1. The van der Waals surface area contributed by atoms with E-state index in [0.717, 1.165) is 11.3 Å². The van der Waals surface area contributed by atoms with Gasteiger partial charge in [0.1, 0.15) is 0 Å². The fraction of sp³-hybridized carbons (Fsp3) is 0.556. The fourth-order valence-corrected chi connectivity index (χ4v) is 3.59.